The van der Waals surface area contributed by atoms with Crippen LogP contribution in [0.4, 0.5) is 0 Å². The molecule has 3 unspecified atom stereocenters. The highest BCUT2D eigenvalue weighted by molar-refractivity contribution is 5.82. The third-order valence-corrected chi connectivity index (χ3v) is 12.2. The molecular weight excluding hydrogens is 577 g/mol. The third-order valence-electron chi connectivity index (χ3n) is 12.2. The van der Waals surface area contributed by atoms with Crippen molar-refractivity contribution in [3.8, 4) is 11.1 Å². The van der Waals surface area contributed by atoms with Crippen molar-refractivity contribution in [2.75, 3.05) is 0 Å². The zero-order valence-electron chi connectivity index (χ0n) is 31.6. The molecule has 0 radical (unpaired) electrons. The summed E-state index contributed by atoms with van der Waals surface area (Å²) >= 11 is 0. The van der Waals surface area contributed by atoms with Gasteiger partial charge in [-0.25, -0.2) is 0 Å². The molecule has 1 saturated carbocycles. The highest BCUT2D eigenvalue weighted by Crippen LogP contribution is 2.70. The second-order valence-corrected chi connectivity index (χ2v) is 18.8. The van der Waals surface area contributed by atoms with Gasteiger partial charge < -0.3 is 0 Å². The van der Waals surface area contributed by atoms with E-state index in [0.29, 0.717) is 0 Å². The first-order valence-corrected chi connectivity index (χ1v) is 18.2. The van der Waals surface area contributed by atoms with Crippen LogP contribution in [0.1, 0.15) is 126 Å². The van der Waals surface area contributed by atoms with E-state index in [4.69, 9.17) is 0 Å². The Bertz CT molecular complexity index is 1890. The highest BCUT2D eigenvalue weighted by atomic mass is 14.6. The van der Waals surface area contributed by atoms with Crippen molar-refractivity contribution < 1.29 is 0 Å². The summed E-state index contributed by atoms with van der Waals surface area (Å²) in [6.45, 7) is 28.3. The van der Waals surface area contributed by atoms with Gasteiger partial charge in [0.2, 0.25) is 0 Å². The van der Waals surface area contributed by atoms with Crippen molar-refractivity contribution in [2.24, 2.45) is 11.3 Å². The molecule has 0 amide bonds. The Balaban J connectivity index is 1.61. The van der Waals surface area contributed by atoms with Crippen molar-refractivity contribution in [1.82, 2.24) is 0 Å². The molecule has 248 valence electrons. The van der Waals surface area contributed by atoms with Crippen LogP contribution in [-0.4, -0.2) is 0 Å². The van der Waals surface area contributed by atoms with Crippen molar-refractivity contribution >= 4 is 0 Å². The van der Waals surface area contributed by atoms with Crippen LogP contribution >= 0.6 is 0 Å². The van der Waals surface area contributed by atoms with E-state index in [1.807, 2.05) is 0 Å². The molecule has 0 spiro atoms. The summed E-state index contributed by atoms with van der Waals surface area (Å²) in [4.78, 5) is 0. The van der Waals surface area contributed by atoms with E-state index in [1.54, 1.807) is 5.57 Å². The topological polar surface area (TPSA) is 0 Å². The van der Waals surface area contributed by atoms with E-state index < -0.39 is 0 Å². The molecule has 0 saturated heterocycles. The van der Waals surface area contributed by atoms with Gasteiger partial charge in [-0.05, 0) is 86.6 Å². The summed E-state index contributed by atoms with van der Waals surface area (Å²) < 4.78 is 0. The number of hydrogen-bond donors (Lipinski definition) is 0. The van der Waals surface area contributed by atoms with E-state index >= 15 is 0 Å². The van der Waals surface area contributed by atoms with E-state index in [9.17, 15) is 0 Å². The van der Waals surface area contributed by atoms with Crippen LogP contribution in [0.2, 0.25) is 0 Å². The number of hydrogen-bond acceptors (Lipinski definition) is 0. The standard InChI is InChI=1S/C48H56/c1-30-13-17-32(18-14-30)47(12)29-48(33-19-15-31(2)16-20-33,42-28-36(27-41(42)47)46(9,10)11)43-39-25-34(44(3,4)5)21-23-37(39)38-24-22-35(26-40(38)43)45(6,7)8/h13-28,42-43H,29H2,1-12H3. The maximum absolute atomic E-state index is 2.70. The monoisotopic (exact) mass is 632 g/mol. The van der Waals surface area contributed by atoms with Crippen LogP contribution in [-0.2, 0) is 21.7 Å². The molecule has 0 N–H and O–H groups in total. The summed E-state index contributed by atoms with van der Waals surface area (Å²) in [5, 5.41) is 0. The van der Waals surface area contributed by atoms with Crippen molar-refractivity contribution in [3.63, 3.8) is 0 Å². The maximum Gasteiger partial charge on any atom is 0.0208 e. The summed E-state index contributed by atoms with van der Waals surface area (Å²) in [6.07, 6.45) is 6.38. The number of benzene rings is 4. The average molecular weight is 633 g/mol. The fraction of sp³-hybridized carbons (Fsp3) is 0.417. The molecule has 7 rings (SSSR count). The molecule has 0 aromatic heterocycles. The Hall–Kier alpha value is -3.64. The van der Waals surface area contributed by atoms with Gasteiger partial charge in [0.1, 0.15) is 0 Å². The first-order valence-electron chi connectivity index (χ1n) is 18.2. The van der Waals surface area contributed by atoms with Gasteiger partial charge in [0.25, 0.3) is 0 Å². The molecule has 3 aliphatic rings. The Morgan fingerprint density at radius 3 is 1.46 bits per heavy atom. The first-order chi connectivity index (χ1) is 22.3. The summed E-state index contributed by atoms with van der Waals surface area (Å²) in [5.74, 6) is 0.493. The molecule has 3 atom stereocenters. The lowest BCUT2D eigenvalue weighted by atomic mass is 9.59. The second-order valence-electron chi connectivity index (χ2n) is 18.8. The lowest BCUT2D eigenvalue weighted by Gasteiger charge is -2.43. The summed E-state index contributed by atoms with van der Waals surface area (Å²) in [6, 6.07) is 34.0. The molecule has 48 heavy (non-hydrogen) atoms. The van der Waals surface area contributed by atoms with Crippen LogP contribution in [0.3, 0.4) is 0 Å². The Kier molecular flexibility index (Phi) is 7.32. The molecule has 0 heteroatoms. The Labute approximate surface area is 291 Å². The van der Waals surface area contributed by atoms with E-state index in [1.165, 1.54) is 61.2 Å². The predicted octanol–water partition coefficient (Wildman–Crippen LogP) is 12.8. The van der Waals surface area contributed by atoms with Gasteiger partial charge >= 0.3 is 0 Å². The molecule has 0 bridgehead atoms. The predicted molar refractivity (Wildman–Crippen MR) is 206 cm³/mol. The molecular formula is C48H56. The number of fused-ring (bicyclic) bond motifs is 4. The lowest BCUT2D eigenvalue weighted by Crippen LogP contribution is -2.38. The molecule has 0 aliphatic heterocycles. The van der Waals surface area contributed by atoms with Crippen molar-refractivity contribution in [3.05, 3.63) is 153 Å². The summed E-state index contributed by atoms with van der Waals surface area (Å²) in [7, 11) is 0. The Morgan fingerprint density at radius 1 is 0.562 bits per heavy atom. The molecule has 0 nitrogen and oxygen atoms in total. The van der Waals surface area contributed by atoms with E-state index in [0.717, 1.165) is 6.42 Å². The molecule has 3 aliphatic carbocycles. The molecule has 4 aromatic rings. The van der Waals surface area contributed by atoms with Crippen LogP contribution in [0.15, 0.2) is 108 Å². The normalized spacial score (nSPS) is 23.9. The van der Waals surface area contributed by atoms with Crippen LogP contribution in [0, 0.1) is 25.2 Å². The minimum atomic E-state index is -0.181. The first kappa shape index (κ1) is 32.9. The second kappa shape index (κ2) is 10.7. The number of allylic oxidation sites excluding steroid dienone is 4. The third kappa shape index (κ3) is 5.00. The largest absolute Gasteiger partial charge is 0.0726 e. The molecule has 0 heterocycles. The van der Waals surface area contributed by atoms with Crippen LogP contribution < -0.4 is 0 Å². The average Bonchev–Trinajstić information content (AvgIpc) is 3.67. The maximum atomic E-state index is 2.70. The van der Waals surface area contributed by atoms with Crippen molar-refractivity contribution in [1.29, 1.82) is 0 Å². The fourth-order valence-corrected chi connectivity index (χ4v) is 9.30. The van der Waals surface area contributed by atoms with Crippen LogP contribution in [0.25, 0.3) is 11.1 Å². The minimum absolute atomic E-state index is 0.0613. The quantitative estimate of drug-likeness (QED) is 0.211. The zero-order valence-corrected chi connectivity index (χ0v) is 31.6. The van der Waals surface area contributed by atoms with E-state index in [-0.39, 0.29) is 38.9 Å². The van der Waals surface area contributed by atoms with Gasteiger partial charge in [-0.3, -0.25) is 0 Å². The zero-order chi connectivity index (χ0) is 34.6. The van der Waals surface area contributed by atoms with Crippen molar-refractivity contribution in [2.45, 2.75) is 117 Å². The van der Waals surface area contributed by atoms with Crippen LogP contribution in [0.5, 0.6) is 0 Å². The Morgan fingerprint density at radius 2 is 1.02 bits per heavy atom. The van der Waals surface area contributed by atoms with Gasteiger partial charge in [-0.1, -0.05) is 183 Å². The minimum Gasteiger partial charge on any atom is -0.0726 e. The summed E-state index contributed by atoms with van der Waals surface area (Å²) in [5.41, 5.74) is 17.2. The molecule has 4 aromatic carbocycles. The smallest absolute Gasteiger partial charge is 0.0208 e. The molecule has 1 fully saturated rings. The fourth-order valence-electron chi connectivity index (χ4n) is 9.30. The van der Waals surface area contributed by atoms with Gasteiger partial charge in [0.15, 0.2) is 0 Å². The SMILES string of the molecule is Cc1ccc(C2(C)CC(c3ccc(C)cc3)(C3c4cc(C(C)(C)C)ccc4-c4ccc(C(C)(C)C)cc43)C3C=C(C(C)(C)C)C=C32)cc1. The van der Waals surface area contributed by atoms with Gasteiger partial charge in [-0.2, -0.15) is 0 Å². The van der Waals surface area contributed by atoms with Gasteiger partial charge in [0, 0.05) is 22.7 Å². The van der Waals surface area contributed by atoms with Gasteiger partial charge in [-0.15, -0.1) is 0 Å². The van der Waals surface area contributed by atoms with E-state index in [2.05, 4.69) is 180 Å². The lowest BCUT2D eigenvalue weighted by molar-refractivity contribution is 0.319. The van der Waals surface area contributed by atoms with Gasteiger partial charge in [0.05, 0.1) is 0 Å². The number of aryl methyl sites for hydroxylation is 2. The number of rotatable bonds is 3. The highest BCUT2D eigenvalue weighted by Gasteiger charge is 2.62.